The molecular weight excluding hydrogens is 124 g/mol. The Morgan fingerprint density at radius 3 is 3.00 bits per heavy atom. The molecule has 1 saturated heterocycles. The summed E-state index contributed by atoms with van der Waals surface area (Å²) in [5.41, 5.74) is 0. The summed E-state index contributed by atoms with van der Waals surface area (Å²) in [5, 5.41) is 12.0. The van der Waals surface area contributed by atoms with Gasteiger partial charge in [-0.15, -0.1) is 0 Å². The van der Waals surface area contributed by atoms with Gasteiger partial charge in [-0.25, -0.2) is 0 Å². The molecule has 0 radical (unpaired) electrons. The van der Waals surface area contributed by atoms with Gasteiger partial charge in [-0.3, -0.25) is 0 Å². The summed E-state index contributed by atoms with van der Waals surface area (Å²) < 4.78 is 0. The second-order valence-corrected chi connectivity index (χ2v) is 2.90. The van der Waals surface area contributed by atoms with Crippen LogP contribution in [0, 0.1) is 23.2 Å². The molecule has 0 aromatic carbocycles. The van der Waals surface area contributed by atoms with Gasteiger partial charge in [-0.05, 0) is 25.4 Å². The SMILES string of the molecule is CC[C@@H]1CNCC[C@@H]1C#N. The first-order valence-electron chi connectivity index (χ1n) is 3.98. The number of nitrogens with one attached hydrogen (secondary N) is 1. The lowest BCUT2D eigenvalue weighted by atomic mass is 9.86. The van der Waals surface area contributed by atoms with Crippen LogP contribution in [-0.4, -0.2) is 13.1 Å². The number of nitrogens with zero attached hydrogens (tertiary/aromatic N) is 1. The van der Waals surface area contributed by atoms with Gasteiger partial charge >= 0.3 is 0 Å². The van der Waals surface area contributed by atoms with Crippen LogP contribution < -0.4 is 5.32 Å². The van der Waals surface area contributed by atoms with Gasteiger partial charge in [-0.2, -0.15) is 5.26 Å². The summed E-state index contributed by atoms with van der Waals surface area (Å²) in [6.07, 6.45) is 2.17. The molecule has 56 valence electrons. The Morgan fingerprint density at radius 1 is 1.70 bits per heavy atom. The van der Waals surface area contributed by atoms with E-state index >= 15 is 0 Å². The molecule has 2 atom stereocenters. The summed E-state index contributed by atoms with van der Waals surface area (Å²) in [6, 6.07) is 2.36. The molecule has 1 rings (SSSR count). The average molecular weight is 138 g/mol. The van der Waals surface area contributed by atoms with Crippen molar-refractivity contribution in [2.45, 2.75) is 19.8 Å². The van der Waals surface area contributed by atoms with Gasteiger partial charge in [0.05, 0.1) is 12.0 Å². The third-order valence-electron chi connectivity index (χ3n) is 2.30. The number of rotatable bonds is 1. The van der Waals surface area contributed by atoms with Crippen molar-refractivity contribution in [1.29, 1.82) is 5.26 Å². The number of hydrogen-bond acceptors (Lipinski definition) is 2. The highest BCUT2D eigenvalue weighted by atomic mass is 14.9. The first kappa shape index (κ1) is 7.56. The summed E-state index contributed by atoms with van der Waals surface area (Å²) in [4.78, 5) is 0. The lowest BCUT2D eigenvalue weighted by Gasteiger charge is -2.26. The Hall–Kier alpha value is -0.550. The minimum absolute atomic E-state index is 0.311. The zero-order valence-corrected chi connectivity index (χ0v) is 6.43. The molecule has 0 spiro atoms. The van der Waals surface area contributed by atoms with Crippen LogP contribution in [0.4, 0.5) is 0 Å². The monoisotopic (exact) mass is 138 g/mol. The molecule has 1 heterocycles. The summed E-state index contributed by atoms with van der Waals surface area (Å²) >= 11 is 0. The van der Waals surface area contributed by atoms with Crippen LogP contribution in [0.5, 0.6) is 0 Å². The lowest BCUT2D eigenvalue weighted by Crippen LogP contribution is -2.35. The van der Waals surface area contributed by atoms with Gasteiger partial charge < -0.3 is 5.32 Å². The van der Waals surface area contributed by atoms with E-state index in [-0.39, 0.29) is 0 Å². The minimum atomic E-state index is 0.311. The van der Waals surface area contributed by atoms with Gasteiger partial charge in [0.25, 0.3) is 0 Å². The predicted octanol–water partition coefficient (Wildman–Crippen LogP) is 1.15. The molecule has 0 unspecified atom stereocenters. The lowest BCUT2D eigenvalue weighted by molar-refractivity contribution is 0.301. The quantitative estimate of drug-likeness (QED) is 0.590. The van der Waals surface area contributed by atoms with E-state index in [1.165, 1.54) is 0 Å². The van der Waals surface area contributed by atoms with Crippen LogP contribution in [0.3, 0.4) is 0 Å². The fourth-order valence-electron chi connectivity index (χ4n) is 1.52. The van der Waals surface area contributed by atoms with E-state index in [1.807, 2.05) is 0 Å². The van der Waals surface area contributed by atoms with Crippen LogP contribution in [0.25, 0.3) is 0 Å². The van der Waals surface area contributed by atoms with E-state index in [9.17, 15) is 0 Å². The van der Waals surface area contributed by atoms with Gasteiger partial charge in [0.2, 0.25) is 0 Å². The van der Waals surface area contributed by atoms with Crippen molar-refractivity contribution in [3.8, 4) is 6.07 Å². The fraction of sp³-hybridized carbons (Fsp3) is 0.875. The van der Waals surface area contributed by atoms with Crippen molar-refractivity contribution in [2.75, 3.05) is 13.1 Å². The maximum atomic E-state index is 8.71. The largest absolute Gasteiger partial charge is 0.316 e. The van der Waals surface area contributed by atoms with Crippen molar-refractivity contribution in [3.63, 3.8) is 0 Å². The first-order valence-corrected chi connectivity index (χ1v) is 3.98. The molecule has 10 heavy (non-hydrogen) atoms. The number of nitriles is 1. The molecule has 0 saturated carbocycles. The molecule has 1 fully saturated rings. The molecule has 2 nitrogen and oxygen atoms in total. The van der Waals surface area contributed by atoms with Crippen LogP contribution in [0.1, 0.15) is 19.8 Å². The Bertz CT molecular complexity index is 137. The second kappa shape index (κ2) is 3.58. The van der Waals surface area contributed by atoms with Gasteiger partial charge in [0.1, 0.15) is 0 Å². The highest BCUT2D eigenvalue weighted by Gasteiger charge is 2.22. The Balaban J connectivity index is 2.44. The zero-order chi connectivity index (χ0) is 7.40. The maximum absolute atomic E-state index is 8.71. The van der Waals surface area contributed by atoms with E-state index in [0.717, 1.165) is 25.9 Å². The van der Waals surface area contributed by atoms with Crippen LogP contribution in [0.2, 0.25) is 0 Å². The zero-order valence-electron chi connectivity index (χ0n) is 6.43. The third kappa shape index (κ3) is 1.48. The molecule has 0 aromatic heterocycles. The summed E-state index contributed by atoms with van der Waals surface area (Å²) in [6.45, 7) is 4.21. The Kier molecular flexibility index (Phi) is 2.70. The van der Waals surface area contributed by atoms with E-state index < -0.39 is 0 Å². The van der Waals surface area contributed by atoms with Crippen LogP contribution in [-0.2, 0) is 0 Å². The van der Waals surface area contributed by atoms with Crippen LogP contribution >= 0.6 is 0 Å². The molecule has 1 aliphatic heterocycles. The Labute approximate surface area is 62.2 Å². The van der Waals surface area contributed by atoms with Crippen molar-refractivity contribution >= 4 is 0 Å². The second-order valence-electron chi connectivity index (χ2n) is 2.90. The number of hydrogen-bond donors (Lipinski definition) is 1. The standard InChI is InChI=1S/C8H14N2/c1-2-7-6-10-4-3-8(7)5-9/h7-8,10H,2-4,6H2,1H3/t7-,8-/m1/s1. The maximum Gasteiger partial charge on any atom is 0.0659 e. The van der Waals surface area contributed by atoms with E-state index in [1.54, 1.807) is 0 Å². The third-order valence-corrected chi connectivity index (χ3v) is 2.30. The van der Waals surface area contributed by atoms with Crippen molar-refractivity contribution in [3.05, 3.63) is 0 Å². The van der Waals surface area contributed by atoms with Gasteiger partial charge in [0, 0.05) is 0 Å². The predicted molar refractivity (Wildman–Crippen MR) is 40.4 cm³/mol. The van der Waals surface area contributed by atoms with E-state index in [4.69, 9.17) is 5.26 Å². The highest BCUT2D eigenvalue weighted by molar-refractivity contribution is 4.91. The van der Waals surface area contributed by atoms with Gasteiger partial charge in [0.15, 0.2) is 0 Å². The van der Waals surface area contributed by atoms with Gasteiger partial charge in [-0.1, -0.05) is 13.3 Å². The summed E-state index contributed by atoms with van der Waals surface area (Å²) in [5.74, 6) is 0.907. The van der Waals surface area contributed by atoms with E-state index in [2.05, 4.69) is 18.3 Å². The smallest absolute Gasteiger partial charge is 0.0659 e. The normalized spacial score (nSPS) is 33.2. The topological polar surface area (TPSA) is 35.8 Å². The Morgan fingerprint density at radius 2 is 2.50 bits per heavy atom. The molecule has 2 heteroatoms. The van der Waals surface area contributed by atoms with E-state index in [0.29, 0.717) is 11.8 Å². The molecule has 1 aliphatic rings. The average Bonchev–Trinajstić information content (AvgIpc) is 2.04. The molecule has 0 bridgehead atoms. The van der Waals surface area contributed by atoms with Crippen molar-refractivity contribution < 1.29 is 0 Å². The molecule has 0 aromatic rings. The molecule has 0 aliphatic carbocycles. The molecule has 0 amide bonds. The number of piperidine rings is 1. The molecular formula is C8H14N2. The highest BCUT2D eigenvalue weighted by Crippen LogP contribution is 2.20. The van der Waals surface area contributed by atoms with Crippen LogP contribution in [0.15, 0.2) is 0 Å². The van der Waals surface area contributed by atoms with Crippen molar-refractivity contribution in [1.82, 2.24) is 5.32 Å². The molecule has 1 N–H and O–H groups in total. The minimum Gasteiger partial charge on any atom is -0.316 e. The van der Waals surface area contributed by atoms with Crippen molar-refractivity contribution in [2.24, 2.45) is 11.8 Å². The fourth-order valence-corrected chi connectivity index (χ4v) is 1.52. The summed E-state index contributed by atoms with van der Waals surface area (Å²) in [7, 11) is 0. The first-order chi connectivity index (χ1) is 4.88.